The van der Waals surface area contributed by atoms with Crippen LogP contribution in [-0.4, -0.2) is 35.6 Å². The molecule has 0 aliphatic carbocycles. The number of nitrogens with one attached hydrogen (secondary N) is 2. The van der Waals surface area contributed by atoms with Gasteiger partial charge in [0.2, 0.25) is 5.91 Å². The first-order chi connectivity index (χ1) is 9.81. The molecule has 0 spiro atoms. The number of carbonyl (C=O) groups excluding carboxylic acids is 2. The van der Waals surface area contributed by atoms with Crippen molar-refractivity contribution in [3.63, 3.8) is 0 Å². The van der Waals surface area contributed by atoms with Gasteiger partial charge in [0.15, 0.2) is 0 Å². The number of aliphatic hydroxyl groups is 1. The van der Waals surface area contributed by atoms with Crippen LogP contribution in [0.25, 0.3) is 0 Å². The average molecular weight is 292 g/mol. The van der Waals surface area contributed by atoms with Crippen LogP contribution >= 0.6 is 0 Å². The van der Waals surface area contributed by atoms with E-state index < -0.39 is 12.1 Å². The van der Waals surface area contributed by atoms with E-state index in [-0.39, 0.29) is 24.3 Å². The van der Waals surface area contributed by atoms with Gasteiger partial charge in [0, 0.05) is 12.1 Å². The molecule has 5 heteroatoms. The highest BCUT2D eigenvalue weighted by atomic mass is 16.3. The molecule has 2 unspecified atom stereocenters. The van der Waals surface area contributed by atoms with Crippen LogP contribution in [0.3, 0.4) is 0 Å². The summed E-state index contributed by atoms with van der Waals surface area (Å²) < 4.78 is 0. The first-order valence-corrected chi connectivity index (χ1v) is 7.14. The molecular weight excluding hydrogens is 268 g/mol. The van der Waals surface area contributed by atoms with Crippen LogP contribution in [0.4, 0.5) is 0 Å². The van der Waals surface area contributed by atoms with Gasteiger partial charge >= 0.3 is 0 Å². The van der Waals surface area contributed by atoms with Crippen LogP contribution in [-0.2, 0) is 4.79 Å². The van der Waals surface area contributed by atoms with E-state index in [0.717, 1.165) is 5.56 Å². The fourth-order valence-corrected chi connectivity index (χ4v) is 1.90. The Kier molecular flexibility index (Phi) is 6.37. The van der Waals surface area contributed by atoms with E-state index in [0.29, 0.717) is 5.56 Å². The number of rotatable bonds is 6. The molecule has 1 rings (SSSR count). The maximum absolute atomic E-state index is 12.2. The molecule has 0 aromatic heterocycles. The number of aryl methyl sites for hydroxylation is 1. The summed E-state index contributed by atoms with van der Waals surface area (Å²) in [6, 6.07) is 6.58. The molecule has 21 heavy (non-hydrogen) atoms. The summed E-state index contributed by atoms with van der Waals surface area (Å²) in [5, 5.41) is 14.6. The van der Waals surface area contributed by atoms with Gasteiger partial charge in [0.1, 0.15) is 6.04 Å². The predicted molar refractivity (Wildman–Crippen MR) is 82.0 cm³/mol. The van der Waals surface area contributed by atoms with Crippen molar-refractivity contribution in [1.29, 1.82) is 0 Å². The monoisotopic (exact) mass is 292 g/mol. The molecule has 0 aliphatic rings. The molecule has 3 N–H and O–H groups in total. The summed E-state index contributed by atoms with van der Waals surface area (Å²) in [5.41, 5.74) is 1.52. The summed E-state index contributed by atoms with van der Waals surface area (Å²) in [7, 11) is 0. The second-order valence-corrected chi connectivity index (χ2v) is 5.66. The molecule has 2 atom stereocenters. The lowest BCUT2D eigenvalue weighted by Gasteiger charge is -2.22. The quantitative estimate of drug-likeness (QED) is 0.738. The number of benzene rings is 1. The number of aliphatic hydroxyl groups excluding tert-OH is 1. The number of hydrogen-bond donors (Lipinski definition) is 3. The first kappa shape index (κ1) is 17.2. The third-order valence-electron chi connectivity index (χ3n) is 3.09. The lowest BCUT2D eigenvalue weighted by atomic mass is 10.0. The summed E-state index contributed by atoms with van der Waals surface area (Å²) in [5.74, 6) is -0.607. The topological polar surface area (TPSA) is 78.4 Å². The third-order valence-corrected chi connectivity index (χ3v) is 3.09. The fourth-order valence-electron chi connectivity index (χ4n) is 1.90. The molecule has 0 fully saturated rings. The molecule has 0 aliphatic heterocycles. The zero-order valence-electron chi connectivity index (χ0n) is 13.0. The van der Waals surface area contributed by atoms with Gasteiger partial charge in [-0.15, -0.1) is 0 Å². The van der Waals surface area contributed by atoms with E-state index in [1.807, 2.05) is 32.9 Å². The van der Waals surface area contributed by atoms with E-state index in [2.05, 4.69) is 10.6 Å². The summed E-state index contributed by atoms with van der Waals surface area (Å²) >= 11 is 0. The van der Waals surface area contributed by atoms with Gasteiger partial charge in [-0.05, 0) is 31.9 Å². The molecule has 116 valence electrons. The van der Waals surface area contributed by atoms with Crippen molar-refractivity contribution in [2.75, 3.05) is 6.54 Å². The predicted octanol–water partition coefficient (Wildman–Crippen LogP) is 1.25. The van der Waals surface area contributed by atoms with E-state index in [1.54, 1.807) is 19.1 Å². The number of amides is 2. The SMILES string of the molecule is Cc1cccc(C(=O)NC(C(=O)NCC(C)O)C(C)C)c1. The summed E-state index contributed by atoms with van der Waals surface area (Å²) in [6.07, 6.45) is -0.616. The van der Waals surface area contributed by atoms with E-state index >= 15 is 0 Å². The minimum Gasteiger partial charge on any atom is -0.392 e. The largest absolute Gasteiger partial charge is 0.392 e. The highest BCUT2D eigenvalue weighted by Crippen LogP contribution is 2.07. The Morgan fingerprint density at radius 2 is 1.90 bits per heavy atom. The van der Waals surface area contributed by atoms with Crippen molar-refractivity contribution in [2.45, 2.75) is 39.8 Å². The van der Waals surface area contributed by atoms with Crippen molar-refractivity contribution >= 4 is 11.8 Å². The molecule has 0 heterocycles. The van der Waals surface area contributed by atoms with Crippen LogP contribution < -0.4 is 10.6 Å². The van der Waals surface area contributed by atoms with Crippen molar-refractivity contribution in [3.05, 3.63) is 35.4 Å². The molecule has 1 aromatic rings. The minimum atomic E-state index is -0.628. The Morgan fingerprint density at radius 3 is 2.43 bits per heavy atom. The maximum Gasteiger partial charge on any atom is 0.251 e. The number of carbonyl (C=O) groups is 2. The van der Waals surface area contributed by atoms with E-state index in [9.17, 15) is 14.7 Å². The van der Waals surface area contributed by atoms with Gasteiger partial charge in [-0.2, -0.15) is 0 Å². The molecule has 1 aromatic carbocycles. The van der Waals surface area contributed by atoms with Crippen molar-refractivity contribution in [3.8, 4) is 0 Å². The normalized spacial score (nSPS) is 13.6. The lowest BCUT2D eigenvalue weighted by molar-refractivity contribution is -0.124. The van der Waals surface area contributed by atoms with Gasteiger partial charge in [0.25, 0.3) is 5.91 Å². The van der Waals surface area contributed by atoms with Crippen LogP contribution in [0.15, 0.2) is 24.3 Å². The van der Waals surface area contributed by atoms with Crippen molar-refractivity contribution in [2.24, 2.45) is 5.92 Å². The number of hydrogen-bond acceptors (Lipinski definition) is 3. The van der Waals surface area contributed by atoms with Gasteiger partial charge in [0.05, 0.1) is 6.10 Å². The molecular formula is C16H24N2O3. The summed E-state index contributed by atoms with van der Waals surface area (Å²) in [4.78, 5) is 24.3. The van der Waals surface area contributed by atoms with Crippen LogP contribution in [0.5, 0.6) is 0 Å². The van der Waals surface area contributed by atoms with Crippen LogP contribution in [0, 0.1) is 12.8 Å². The Bertz CT molecular complexity index is 498. The fraction of sp³-hybridized carbons (Fsp3) is 0.500. The second-order valence-electron chi connectivity index (χ2n) is 5.66. The van der Waals surface area contributed by atoms with Crippen molar-refractivity contribution < 1.29 is 14.7 Å². The Labute approximate surface area is 125 Å². The molecule has 0 bridgehead atoms. The Balaban J connectivity index is 2.74. The molecule has 2 amide bonds. The molecule has 0 radical (unpaired) electrons. The summed E-state index contributed by atoms with van der Waals surface area (Å²) in [6.45, 7) is 7.40. The van der Waals surface area contributed by atoms with Crippen molar-refractivity contribution in [1.82, 2.24) is 10.6 Å². The zero-order valence-corrected chi connectivity index (χ0v) is 13.0. The highest BCUT2D eigenvalue weighted by molar-refractivity contribution is 5.97. The smallest absolute Gasteiger partial charge is 0.251 e. The van der Waals surface area contributed by atoms with Gasteiger partial charge in [-0.25, -0.2) is 0 Å². The second kappa shape index (κ2) is 7.78. The Hall–Kier alpha value is -1.88. The van der Waals surface area contributed by atoms with Gasteiger partial charge in [-0.1, -0.05) is 31.5 Å². The maximum atomic E-state index is 12.2. The highest BCUT2D eigenvalue weighted by Gasteiger charge is 2.24. The van der Waals surface area contributed by atoms with E-state index in [1.165, 1.54) is 0 Å². The Morgan fingerprint density at radius 1 is 1.24 bits per heavy atom. The third kappa shape index (κ3) is 5.55. The molecule has 5 nitrogen and oxygen atoms in total. The first-order valence-electron chi connectivity index (χ1n) is 7.14. The zero-order chi connectivity index (χ0) is 16.0. The van der Waals surface area contributed by atoms with Gasteiger partial charge < -0.3 is 15.7 Å². The molecule has 0 saturated carbocycles. The molecule has 0 saturated heterocycles. The lowest BCUT2D eigenvalue weighted by Crippen LogP contribution is -2.50. The van der Waals surface area contributed by atoms with Gasteiger partial charge in [-0.3, -0.25) is 9.59 Å². The van der Waals surface area contributed by atoms with Crippen LogP contribution in [0.1, 0.15) is 36.7 Å². The standard InChI is InChI=1S/C16H24N2O3/c1-10(2)14(16(21)17-9-12(4)19)18-15(20)13-7-5-6-11(3)8-13/h5-8,10,12,14,19H,9H2,1-4H3,(H,17,21)(H,18,20). The minimum absolute atomic E-state index is 0.0484. The average Bonchev–Trinajstić information content (AvgIpc) is 2.41. The van der Waals surface area contributed by atoms with E-state index in [4.69, 9.17) is 0 Å². The van der Waals surface area contributed by atoms with Crippen LogP contribution in [0.2, 0.25) is 0 Å².